The lowest BCUT2D eigenvalue weighted by atomic mass is 10.1. The van der Waals surface area contributed by atoms with Crippen LogP contribution in [0.15, 0.2) is 42.7 Å². The number of amides is 1. The Labute approximate surface area is 176 Å². The minimum absolute atomic E-state index is 0.161. The first-order chi connectivity index (χ1) is 14.3. The number of likely N-dealkylation sites (N-methyl/N-ethyl adjacent to an activating group) is 1. The molecule has 3 heterocycles. The zero-order chi connectivity index (χ0) is 21.4. The maximum atomic E-state index is 12.9. The number of fused-ring (bicyclic) bond motifs is 2. The highest BCUT2D eigenvalue weighted by molar-refractivity contribution is 6.07. The second-order valence-corrected chi connectivity index (χ2v) is 8.26. The van der Waals surface area contributed by atoms with Gasteiger partial charge in [-0.25, -0.2) is 9.67 Å². The molecule has 4 aromatic rings. The molecule has 0 spiro atoms. The first kappa shape index (κ1) is 20.1. The van der Waals surface area contributed by atoms with Crippen molar-refractivity contribution in [1.82, 2.24) is 24.2 Å². The highest BCUT2D eigenvalue weighted by atomic mass is 16.1. The summed E-state index contributed by atoms with van der Waals surface area (Å²) in [6.07, 6.45) is 3.86. The number of rotatable bonds is 6. The summed E-state index contributed by atoms with van der Waals surface area (Å²) < 4.78 is 4.11. The van der Waals surface area contributed by atoms with Gasteiger partial charge in [0.1, 0.15) is 0 Å². The zero-order valence-corrected chi connectivity index (χ0v) is 18.2. The fourth-order valence-corrected chi connectivity index (χ4v) is 3.65. The van der Waals surface area contributed by atoms with Crippen LogP contribution in [0.1, 0.15) is 35.9 Å². The van der Waals surface area contributed by atoms with E-state index in [1.165, 1.54) is 0 Å². The minimum Gasteiger partial charge on any atom is -0.346 e. The molecule has 0 unspecified atom stereocenters. The Morgan fingerprint density at radius 2 is 1.97 bits per heavy atom. The number of aromatic nitrogens is 4. The van der Waals surface area contributed by atoms with E-state index in [0.717, 1.165) is 40.7 Å². The largest absolute Gasteiger partial charge is 0.346 e. The Kier molecular flexibility index (Phi) is 5.30. The monoisotopic (exact) mass is 404 g/mol. The highest BCUT2D eigenvalue weighted by Gasteiger charge is 2.16. The van der Waals surface area contributed by atoms with Crippen LogP contribution in [0.5, 0.6) is 0 Å². The molecular formula is C23H28N6O. The molecule has 3 aromatic heterocycles. The fraction of sp³-hybridized carbons (Fsp3) is 0.348. The summed E-state index contributed by atoms with van der Waals surface area (Å²) in [5, 5.41) is 9.40. The van der Waals surface area contributed by atoms with Crippen molar-refractivity contribution in [1.29, 1.82) is 0 Å². The van der Waals surface area contributed by atoms with Crippen molar-refractivity contribution < 1.29 is 4.79 Å². The Morgan fingerprint density at radius 1 is 1.17 bits per heavy atom. The number of hydrogen-bond acceptors (Lipinski definition) is 4. The number of hydrogen-bond donors (Lipinski definition) is 1. The smallest absolute Gasteiger partial charge is 0.257 e. The molecule has 1 amide bonds. The maximum absolute atomic E-state index is 12.9. The first-order valence-corrected chi connectivity index (χ1v) is 10.2. The number of pyridine rings is 1. The molecule has 0 atom stereocenters. The van der Waals surface area contributed by atoms with E-state index < -0.39 is 0 Å². The van der Waals surface area contributed by atoms with Gasteiger partial charge in [0.25, 0.3) is 5.91 Å². The van der Waals surface area contributed by atoms with E-state index >= 15 is 0 Å². The topological polar surface area (TPSA) is 68.0 Å². The highest BCUT2D eigenvalue weighted by Crippen LogP contribution is 2.23. The SMILES string of the molecule is Cc1nc2c(cnn2C(C)C)cc1C(=O)Nc1ccc2c(ccn2CCN(C)C)c1. The van der Waals surface area contributed by atoms with Gasteiger partial charge < -0.3 is 14.8 Å². The molecular weight excluding hydrogens is 376 g/mol. The fourth-order valence-electron chi connectivity index (χ4n) is 3.65. The zero-order valence-electron chi connectivity index (χ0n) is 18.2. The molecule has 4 rings (SSSR count). The van der Waals surface area contributed by atoms with E-state index in [1.54, 1.807) is 6.20 Å². The summed E-state index contributed by atoms with van der Waals surface area (Å²) in [6.45, 7) is 7.89. The summed E-state index contributed by atoms with van der Waals surface area (Å²) in [7, 11) is 4.14. The van der Waals surface area contributed by atoms with E-state index in [1.807, 2.05) is 29.8 Å². The molecule has 0 saturated heterocycles. The molecule has 1 aromatic carbocycles. The van der Waals surface area contributed by atoms with Crippen LogP contribution in [0.2, 0.25) is 0 Å². The van der Waals surface area contributed by atoms with Gasteiger partial charge in [0.2, 0.25) is 0 Å². The third-order valence-electron chi connectivity index (χ3n) is 5.31. The van der Waals surface area contributed by atoms with Crippen LogP contribution in [0, 0.1) is 6.92 Å². The van der Waals surface area contributed by atoms with Gasteiger partial charge in [-0.05, 0) is 65.2 Å². The van der Waals surface area contributed by atoms with Crippen molar-refractivity contribution in [2.24, 2.45) is 0 Å². The van der Waals surface area contributed by atoms with Gasteiger partial charge in [-0.15, -0.1) is 0 Å². The molecule has 1 N–H and O–H groups in total. The number of carbonyl (C=O) groups is 1. The van der Waals surface area contributed by atoms with Crippen LogP contribution in [0.25, 0.3) is 21.9 Å². The minimum atomic E-state index is -0.161. The summed E-state index contributed by atoms with van der Waals surface area (Å²) in [5.74, 6) is -0.161. The lowest BCUT2D eigenvalue weighted by Crippen LogP contribution is -2.17. The Morgan fingerprint density at radius 3 is 2.70 bits per heavy atom. The van der Waals surface area contributed by atoms with E-state index in [2.05, 4.69) is 71.1 Å². The number of carbonyl (C=O) groups excluding carboxylic acids is 1. The molecule has 0 aliphatic heterocycles. The number of nitrogens with one attached hydrogen (secondary N) is 1. The van der Waals surface area contributed by atoms with Crippen molar-refractivity contribution in [3.05, 3.63) is 54.0 Å². The molecule has 7 nitrogen and oxygen atoms in total. The molecule has 0 saturated carbocycles. The number of benzene rings is 1. The second kappa shape index (κ2) is 7.91. The van der Waals surface area contributed by atoms with Crippen LogP contribution < -0.4 is 5.32 Å². The van der Waals surface area contributed by atoms with Gasteiger partial charge in [0.05, 0.1) is 17.5 Å². The van der Waals surface area contributed by atoms with Gasteiger partial charge in [0.15, 0.2) is 5.65 Å². The van der Waals surface area contributed by atoms with E-state index in [0.29, 0.717) is 11.3 Å². The van der Waals surface area contributed by atoms with Crippen LogP contribution in [-0.2, 0) is 6.54 Å². The first-order valence-electron chi connectivity index (χ1n) is 10.2. The van der Waals surface area contributed by atoms with Crippen molar-refractivity contribution in [2.75, 3.05) is 26.0 Å². The Bertz CT molecular complexity index is 1220. The van der Waals surface area contributed by atoms with Crippen molar-refractivity contribution in [2.45, 2.75) is 33.4 Å². The van der Waals surface area contributed by atoms with E-state index in [9.17, 15) is 4.79 Å². The number of aryl methyl sites for hydroxylation is 1. The van der Waals surface area contributed by atoms with Crippen molar-refractivity contribution >= 4 is 33.5 Å². The lowest BCUT2D eigenvalue weighted by Gasteiger charge is -2.12. The van der Waals surface area contributed by atoms with E-state index in [-0.39, 0.29) is 11.9 Å². The van der Waals surface area contributed by atoms with Crippen LogP contribution in [0.3, 0.4) is 0 Å². The maximum Gasteiger partial charge on any atom is 0.257 e. The second-order valence-electron chi connectivity index (χ2n) is 8.26. The van der Waals surface area contributed by atoms with Gasteiger partial charge in [-0.3, -0.25) is 4.79 Å². The van der Waals surface area contributed by atoms with Crippen molar-refractivity contribution in [3.8, 4) is 0 Å². The Balaban J connectivity index is 1.57. The molecule has 0 aliphatic rings. The standard InChI is InChI=1S/C23H28N6O/c1-15(2)29-22-18(14-24-29)13-20(16(3)25-22)23(30)26-19-6-7-21-17(12-19)8-9-28(21)11-10-27(4)5/h6-9,12-15H,10-11H2,1-5H3,(H,26,30). The molecule has 156 valence electrons. The normalized spacial score (nSPS) is 11.8. The average Bonchev–Trinajstić information content (AvgIpc) is 3.28. The summed E-state index contributed by atoms with van der Waals surface area (Å²) in [4.78, 5) is 19.8. The van der Waals surface area contributed by atoms with Crippen LogP contribution in [0.4, 0.5) is 5.69 Å². The Hall–Kier alpha value is -3.19. The molecule has 0 bridgehead atoms. The van der Waals surface area contributed by atoms with E-state index in [4.69, 9.17) is 0 Å². The molecule has 0 fully saturated rings. The molecule has 0 radical (unpaired) electrons. The van der Waals surface area contributed by atoms with Gasteiger partial charge in [0, 0.05) is 47.3 Å². The van der Waals surface area contributed by atoms with Gasteiger partial charge in [-0.1, -0.05) is 0 Å². The molecule has 30 heavy (non-hydrogen) atoms. The quantitative estimate of drug-likeness (QED) is 0.526. The average molecular weight is 405 g/mol. The third kappa shape index (κ3) is 3.80. The number of anilines is 1. The number of nitrogens with zero attached hydrogens (tertiary/aromatic N) is 5. The van der Waals surface area contributed by atoms with Crippen LogP contribution in [-0.4, -0.2) is 50.8 Å². The summed E-state index contributed by atoms with van der Waals surface area (Å²) in [6, 6.07) is 10.2. The molecule has 7 heteroatoms. The predicted molar refractivity (Wildman–Crippen MR) is 121 cm³/mol. The molecule has 0 aliphatic carbocycles. The lowest BCUT2D eigenvalue weighted by molar-refractivity contribution is 0.102. The summed E-state index contributed by atoms with van der Waals surface area (Å²) >= 11 is 0. The van der Waals surface area contributed by atoms with Gasteiger partial charge >= 0.3 is 0 Å². The third-order valence-corrected chi connectivity index (χ3v) is 5.31. The predicted octanol–water partition coefficient (Wildman–Crippen LogP) is 4.09. The summed E-state index contributed by atoms with van der Waals surface area (Å²) in [5.41, 5.74) is 4.00. The van der Waals surface area contributed by atoms with Crippen LogP contribution >= 0.6 is 0 Å². The van der Waals surface area contributed by atoms with Crippen molar-refractivity contribution in [3.63, 3.8) is 0 Å². The van der Waals surface area contributed by atoms with Gasteiger partial charge in [-0.2, -0.15) is 5.10 Å².